The zero-order valence-electron chi connectivity index (χ0n) is 13.6. The van der Waals surface area contributed by atoms with Gasteiger partial charge in [0.15, 0.2) is 0 Å². The molecule has 128 valence electrons. The van der Waals surface area contributed by atoms with Gasteiger partial charge < -0.3 is 9.64 Å². The van der Waals surface area contributed by atoms with Gasteiger partial charge in [0, 0.05) is 19.6 Å². The first-order valence-electron chi connectivity index (χ1n) is 7.73. The van der Waals surface area contributed by atoms with Crippen molar-refractivity contribution in [3.63, 3.8) is 0 Å². The average Bonchev–Trinajstić information content (AvgIpc) is 2.53. The van der Waals surface area contributed by atoms with E-state index in [4.69, 9.17) is 4.74 Å². The van der Waals surface area contributed by atoms with E-state index in [-0.39, 0.29) is 11.8 Å². The highest BCUT2D eigenvalue weighted by atomic mass is 32.2. The molecule has 1 atom stereocenters. The molecule has 7 heteroatoms. The molecule has 1 aromatic carbocycles. The zero-order chi connectivity index (χ0) is 16.9. The Bertz CT molecular complexity index is 645. The van der Waals surface area contributed by atoms with Crippen LogP contribution in [0.4, 0.5) is 0 Å². The molecular weight excluding hydrogens is 316 g/mol. The Labute approximate surface area is 137 Å². The van der Waals surface area contributed by atoms with Crippen molar-refractivity contribution in [2.45, 2.75) is 19.3 Å². The highest BCUT2D eigenvalue weighted by Gasteiger charge is 2.24. The number of piperidine rings is 1. The van der Waals surface area contributed by atoms with Crippen LogP contribution in [-0.4, -0.2) is 52.2 Å². The van der Waals surface area contributed by atoms with E-state index in [1.165, 1.54) is 0 Å². The van der Waals surface area contributed by atoms with Crippen molar-refractivity contribution in [1.29, 1.82) is 0 Å². The van der Waals surface area contributed by atoms with Crippen molar-refractivity contribution in [2.24, 2.45) is 5.92 Å². The van der Waals surface area contributed by atoms with Gasteiger partial charge in [-0.15, -0.1) is 0 Å². The van der Waals surface area contributed by atoms with Crippen molar-refractivity contribution in [3.8, 4) is 5.75 Å². The molecule has 1 amide bonds. The third-order valence-electron chi connectivity index (χ3n) is 4.00. The summed E-state index contributed by atoms with van der Waals surface area (Å²) in [5, 5.41) is 0. The Morgan fingerprint density at radius 1 is 1.43 bits per heavy atom. The van der Waals surface area contributed by atoms with Gasteiger partial charge in [-0.1, -0.05) is 12.1 Å². The third-order valence-corrected chi connectivity index (χ3v) is 4.69. The second kappa shape index (κ2) is 7.79. The molecule has 1 N–H and O–H groups in total. The topological polar surface area (TPSA) is 75.7 Å². The molecule has 23 heavy (non-hydrogen) atoms. The van der Waals surface area contributed by atoms with E-state index >= 15 is 0 Å². The van der Waals surface area contributed by atoms with E-state index in [2.05, 4.69) is 4.72 Å². The number of carbonyl (C=O) groups excluding carboxylic acids is 1. The van der Waals surface area contributed by atoms with E-state index in [0.717, 1.165) is 37.0 Å². The van der Waals surface area contributed by atoms with Crippen molar-refractivity contribution in [2.75, 3.05) is 33.0 Å². The Hall–Kier alpha value is -1.60. The molecule has 1 unspecified atom stereocenters. The number of hydrogen-bond donors (Lipinski definition) is 1. The second-order valence-electron chi connectivity index (χ2n) is 6.00. The SMILES string of the molecule is COc1cccc(CC(=O)N2CCCC(CNS(C)(=O)=O)C2)c1. The first-order chi connectivity index (χ1) is 10.9. The molecule has 2 rings (SSSR count). The molecule has 0 saturated carbocycles. The van der Waals surface area contributed by atoms with Crippen LogP contribution in [0.25, 0.3) is 0 Å². The number of amides is 1. The van der Waals surface area contributed by atoms with Gasteiger partial charge in [-0.05, 0) is 36.5 Å². The largest absolute Gasteiger partial charge is 0.497 e. The highest BCUT2D eigenvalue weighted by Crippen LogP contribution is 2.18. The Kier molecular flexibility index (Phi) is 6.01. The lowest BCUT2D eigenvalue weighted by atomic mass is 9.97. The minimum Gasteiger partial charge on any atom is -0.497 e. The molecule has 0 bridgehead atoms. The van der Waals surface area contributed by atoms with Crippen LogP contribution >= 0.6 is 0 Å². The number of methoxy groups -OCH3 is 1. The molecule has 0 spiro atoms. The lowest BCUT2D eigenvalue weighted by molar-refractivity contribution is -0.132. The molecule has 1 aliphatic rings. The van der Waals surface area contributed by atoms with Crippen LogP contribution in [0.1, 0.15) is 18.4 Å². The number of ether oxygens (including phenoxy) is 1. The molecule has 6 nitrogen and oxygen atoms in total. The summed E-state index contributed by atoms with van der Waals surface area (Å²) in [7, 11) is -1.58. The third kappa shape index (κ3) is 5.84. The maximum Gasteiger partial charge on any atom is 0.227 e. The fraction of sp³-hybridized carbons (Fsp3) is 0.562. The summed E-state index contributed by atoms with van der Waals surface area (Å²) in [4.78, 5) is 14.3. The van der Waals surface area contributed by atoms with Gasteiger partial charge in [-0.3, -0.25) is 4.79 Å². The molecule has 0 aromatic heterocycles. The summed E-state index contributed by atoms with van der Waals surface area (Å²) in [6.07, 6.45) is 3.33. The van der Waals surface area contributed by atoms with E-state index in [1.54, 1.807) is 7.11 Å². The number of benzene rings is 1. The van der Waals surface area contributed by atoms with Crippen molar-refractivity contribution in [1.82, 2.24) is 9.62 Å². The number of sulfonamides is 1. The van der Waals surface area contributed by atoms with Gasteiger partial charge in [-0.25, -0.2) is 13.1 Å². The standard InChI is InChI=1S/C16H24N2O4S/c1-22-15-7-3-5-13(9-15)10-16(19)18-8-4-6-14(12-18)11-17-23(2,20)21/h3,5,7,9,14,17H,4,6,8,10-12H2,1-2H3. The molecule has 1 aromatic rings. The monoisotopic (exact) mass is 340 g/mol. The van der Waals surface area contributed by atoms with Crippen molar-refractivity contribution < 1.29 is 17.9 Å². The summed E-state index contributed by atoms with van der Waals surface area (Å²) in [5.41, 5.74) is 0.922. The van der Waals surface area contributed by atoms with Crippen LogP contribution in [-0.2, 0) is 21.2 Å². The lowest BCUT2D eigenvalue weighted by Gasteiger charge is -2.33. The van der Waals surface area contributed by atoms with Crippen LogP contribution in [0.2, 0.25) is 0 Å². The lowest BCUT2D eigenvalue weighted by Crippen LogP contribution is -2.44. The van der Waals surface area contributed by atoms with Crippen LogP contribution < -0.4 is 9.46 Å². The minimum absolute atomic E-state index is 0.0716. The van der Waals surface area contributed by atoms with Crippen molar-refractivity contribution >= 4 is 15.9 Å². The van der Waals surface area contributed by atoms with Crippen LogP contribution in [0.3, 0.4) is 0 Å². The van der Waals surface area contributed by atoms with Crippen molar-refractivity contribution in [3.05, 3.63) is 29.8 Å². The fourth-order valence-corrected chi connectivity index (χ4v) is 3.33. The predicted molar refractivity (Wildman–Crippen MR) is 88.8 cm³/mol. The van der Waals surface area contributed by atoms with Crippen LogP contribution in [0.5, 0.6) is 5.75 Å². The Morgan fingerprint density at radius 2 is 2.22 bits per heavy atom. The Balaban J connectivity index is 1.91. The molecule has 1 heterocycles. The summed E-state index contributed by atoms with van der Waals surface area (Å²) < 4.78 is 30.1. The van der Waals surface area contributed by atoms with Gasteiger partial charge in [0.25, 0.3) is 0 Å². The van der Waals surface area contributed by atoms with Gasteiger partial charge >= 0.3 is 0 Å². The van der Waals surface area contributed by atoms with Gasteiger partial charge in [-0.2, -0.15) is 0 Å². The van der Waals surface area contributed by atoms with E-state index in [1.807, 2.05) is 29.2 Å². The normalized spacial score (nSPS) is 18.7. The summed E-state index contributed by atoms with van der Waals surface area (Å²) in [5.74, 6) is 0.985. The minimum atomic E-state index is -3.18. The van der Waals surface area contributed by atoms with E-state index < -0.39 is 10.0 Å². The van der Waals surface area contributed by atoms with Gasteiger partial charge in [0.1, 0.15) is 5.75 Å². The molecule has 1 saturated heterocycles. The zero-order valence-corrected chi connectivity index (χ0v) is 14.4. The summed E-state index contributed by atoms with van der Waals surface area (Å²) >= 11 is 0. The second-order valence-corrected chi connectivity index (χ2v) is 7.83. The number of hydrogen-bond acceptors (Lipinski definition) is 4. The number of likely N-dealkylation sites (tertiary alicyclic amines) is 1. The maximum absolute atomic E-state index is 12.5. The highest BCUT2D eigenvalue weighted by molar-refractivity contribution is 7.88. The maximum atomic E-state index is 12.5. The smallest absolute Gasteiger partial charge is 0.227 e. The Morgan fingerprint density at radius 3 is 2.91 bits per heavy atom. The van der Waals surface area contributed by atoms with E-state index in [9.17, 15) is 13.2 Å². The summed E-state index contributed by atoms with van der Waals surface area (Å²) in [6, 6.07) is 7.50. The fourth-order valence-electron chi connectivity index (χ4n) is 2.80. The quantitative estimate of drug-likeness (QED) is 0.839. The molecule has 0 aliphatic carbocycles. The average molecular weight is 340 g/mol. The number of nitrogens with one attached hydrogen (secondary N) is 1. The number of nitrogens with zero attached hydrogens (tertiary/aromatic N) is 1. The number of carbonyl (C=O) groups is 1. The molecule has 0 radical (unpaired) electrons. The number of rotatable bonds is 6. The van der Waals surface area contributed by atoms with Gasteiger partial charge in [0.2, 0.25) is 15.9 Å². The van der Waals surface area contributed by atoms with E-state index in [0.29, 0.717) is 19.5 Å². The predicted octanol–water partition coefficient (Wildman–Crippen LogP) is 1.03. The molecular formula is C16H24N2O4S. The first-order valence-corrected chi connectivity index (χ1v) is 9.62. The molecule has 1 aliphatic heterocycles. The first kappa shape index (κ1) is 17.7. The van der Waals surface area contributed by atoms with Crippen LogP contribution in [0, 0.1) is 5.92 Å². The summed E-state index contributed by atoms with van der Waals surface area (Å²) in [6.45, 7) is 1.73. The molecule has 1 fully saturated rings. The van der Waals surface area contributed by atoms with Gasteiger partial charge in [0.05, 0.1) is 19.8 Å². The van der Waals surface area contributed by atoms with Crippen LogP contribution in [0.15, 0.2) is 24.3 Å².